The summed E-state index contributed by atoms with van der Waals surface area (Å²) < 4.78 is 4.79. The van der Waals surface area contributed by atoms with Gasteiger partial charge in [0.2, 0.25) is 5.91 Å². The highest BCUT2D eigenvalue weighted by Crippen LogP contribution is 2.06. The summed E-state index contributed by atoms with van der Waals surface area (Å²) in [4.78, 5) is 21.3. The van der Waals surface area contributed by atoms with Gasteiger partial charge in [0.1, 0.15) is 6.10 Å². The van der Waals surface area contributed by atoms with Crippen LogP contribution >= 0.6 is 0 Å². The van der Waals surface area contributed by atoms with E-state index >= 15 is 0 Å². The summed E-state index contributed by atoms with van der Waals surface area (Å²) in [6, 6.07) is -0.431. The van der Waals surface area contributed by atoms with Gasteiger partial charge in [-0.1, -0.05) is 0 Å². The lowest BCUT2D eigenvalue weighted by Crippen LogP contribution is -2.41. The first-order valence-electron chi connectivity index (χ1n) is 3.96. The van der Waals surface area contributed by atoms with Crippen molar-refractivity contribution in [3.05, 3.63) is 0 Å². The molecule has 74 valence electrons. The predicted octanol–water partition coefficient (Wildman–Crippen LogP) is -1.41. The van der Waals surface area contributed by atoms with Crippen LogP contribution in [0.15, 0.2) is 0 Å². The number of amides is 2. The molecule has 0 bridgehead atoms. The Kier molecular flexibility index (Phi) is 3.07. The summed E-state index contributed by atoms with van der Waals surface area (Å²) in [6.07, 6.45) is -1.05. The average molecular weight is 188 g/mol. The van der Waals surface area contributed by atoms with Crippen molar-refractivity contribution in [3.8, 4) is 0 Å². The van der Waals surface area contributed by atoms with E-state index in [4.69, 9.17) is 9.84 Å². The van der Waals surface area contributed by atoms with Gasteiger partial charge in [0.25, 0.3) is 0 Å². The summed E-state index contributed by atoms with van der Waals surface area (Å²) in [5, 5.41) is 13.7. The quantitative estimate of drug-likeness (QED) is 0.508. The smallest absolute Gasteiger partial charge is 0.407 e. The molecule has 0 aromatic rings. The van der Waals surface area contributed by atoms with Crippen LogP contribution in [0, 0.1) is 0 Å². The number of nitrogens with one attached hydrogen (secondary N) is 2. The minimum atomic E-state index is -0.561. The standard InChI is InChI=1S/C7H12N2O4/c1-4(11)8-2-6-5(3-10)9-7(12)13-6/h5-6,10H,2-3H2,1H3,(H,8,11)(H,9,12)/t5-,6-/m1/s1. The molecule has 1 aliphatic rings. The molecule has 1 fully saturated rings. The van der Waals surface area contributed by atoms with Crippen molar-refractivity contribution in [2.75, 3.05) is 13.2 Å². The van der Waals surface area contributed by atoms with Crippen LogP contribution in [0.5, 0.6) is 0 Å². The van der Waals surface area contributed by atoms with Crippen molar-refractivity contribution in [2.45, 2.75) is 19.1 Å². The third-order valence-electron chi connectivity index (χ3n) is 1.76. The highest BCUT2D eigenvalue weighted by molar-refractivity contribution is 5.73. The number of carbonyl (C=O) groups excluding carboxylic acids is 2. The van der Waals surface area contributed by atoms with E-state index in [0.717, 1.165) is 0 Å². The maximum absolute atomic E-state index is 10.7. The zero-order valence-corrected chi connectivity index (χ0v) is 7.24. The Balaban J connectivity index is 2.39. The number of hydrogen-bond donors (Lipinski definition) is 3. The van der Waals surface area contributed by atoms with E-state index in [1.165, 1.54) is 6.92 Å². The Morgan fingerprint density at radius 3 is 3.00 bits per heavy atom. The topological polar surface area (TPSA) is 87.7 Å². The molecule has 1 heterocycles. The Morgan fingerprint density at radius 1 is 1.77 bits per heavy atom. The number of carbonyl (C=O) groups is 2. The van der Waals surface area contributed by atoms with E-state index in [2.05, 4.69) is 10.6 Å². The maximum atomic E-state index is 10.7. The van der Waals surface area contributed by atoms with Crippen molar-refractivity contribution >= 4 is 12.0 Å². The van der Waals surface area contributed by atoms with Gasteiger partial charge >= 0.3 is 6.09 Å². The molecule has 2 atom stereocenters. The van der Waals surface area contributed by atoms with E-state index in [0.29, 0.717) is 0 Å². The van der Waals surface area contributed by atoms with Gasteiger partial charge in [0.15, 0.2) is 0 Å². The van der Waals surface area contributed by atoms with Crippen molar-refractivity contribution in [3.63, 3.8) is 0 Å². The third-order valence-corrected chi connectivity index (χ3v) is 1.76. The molecule has 1 aliphatic heterocycles. The maximum Gasteiger partial charge on any atom is 0.407 e. The number of ether oxygens (including phenoxy) is 1. The summed E-state index contributed by atoms with van der Waals surface area (Å²) >= 11 is 0. The molecule has 0 saturated carbocycles. The Bertz CT molecular complexity index is 219. The minimum absolute atomic E-state index is 0.195. The SMILES string of the molecule is CC(=O)NC[C@H]1OC(=O)N[C@@H]1CO. The number of alkyl carbamates (subject to hydrolysis) is 1. The van der Waals surface area contributed by atoms with E-state index < -0.39 is 18.2 Å². The van der Waals surface area contributed by atoms with Gasteiger partial charge in [-0.15, -0.1) is 0 Å². The molecular formula is C7H12N2O4. The molecule has 0 aliphatic carbocycles. The first-order chi connectivity index (χ1) is 6.13. The lowest BCUT2D eigenvalue weighted by atomic mass is 10.2. The molecular weight excluding hydrogens is 176 g/mol. The molecule has 0 radical (unpaired) electrons. The summed E-state index contributed by atoms with van der Waals surface area (Å²) in [7, 11) is 0. The van der Waals surface area contributed by atoms with E-state index in [1.54, 1.807) is 0 Å². The van der Waals surface area contributed by atoms with Crippen LogP contribution in [0.2, 0.25) is 0 Å². The van der Waals surface area contributed by atoms with E-state index in [9.17, 15) is 9.59 Å². The Labute approximate surface area is 75.3 Å². The lowest BCUT2D eigenvalue weighted by molar-refractivity contribution is -0.119. The van der Waals surface area contributed by atoms with Gasteiger partial charge in [-0.25, -0.2) is 4.79 Å². The second-order valence-electron chi connectivity index (χ2n) is 2.81. The van der Waals surface area contributed by atoms with Crippen LogP contribution in [0.4, 0.5) is 4.79 Å². The van der Waals surface area contributed by atoms with Crippen LogP contribution < -0.4 is 10.6 Å². The molecule has 13 heavy (non-hydrogen) atoms. The minimum Gasteiger partial charge on any atom is -0.442 e. The zero-order valence-electron chi connectivity index (χ0n) is 7.24. The van der Waals surface area contributed by atoms with Gasteiger partial charge in [-0.2, -0.15) is 0 Å². The highest BCUT2D eigenvalue weighted by Gasteiger charge is 2.33. The monoisotopic (exact) mass is 188 g/mol. The number of rotatable bonds is 3. The fourth-order valence-corrected chi connectivity index (χ4v) is 1.09. The Morgan fingerprint density at radius 2 is 2.46 bits per heavy atom. The van der Waals surface area contributed by atoms with Crippen LogP contribution in [-0.4, -0.2) is 42.4 Å². The lowest BCUT2D eigenvalue weighted by Gasteiger charge is -2.14. The van der Waals surface area contributed by atoms with Crippen LogP contribution in [0.3, 0.4) is 0 Å². The molecule has 0 aromatic carbocycles. The molecule has 0 unspecified atom stereocenters. The van der Waals surface area contributed by atoms with Crippen molar-refractivity contribution in [2.24, 2.45) is 0 Å². The fraction of sp³-hybridized carbons (Fsp3) is 0.714. The largest absolute Gasteiger partial charge is 0.442 e. The molecule has 3 N–H and O–H groups in total. The predicted molar refractivity (Wildman–Crippen MR) is 43.0 cm³/mol. The van der Waals surface area contributed by atoms with Crippen molar-refractivity contribution in [1.82, 2.24) is 10.6 Å². The van der Waals surface area contributed by atoms with E-state index in [-0.39, 0.29) is 19.1 Å². The van der Waals surface area contributed by atoms with Gasteiger partial charge in [0.05, 0.1) is 19.2 Å². The average Bonchev–Trinajstić information content (AvgIpc) is 2.42. The van der Waals surface area contributed by atoms with Crippen LogP contribution in [0.25, 0.3) is 0 Å². The number of aliphatic hydroxyl groups excluding tert-OH is 1. The molecule has 0 spiro atoms. The fourth-order valence-electron chi connectivity index (χ4n) is 1.09. The third kappa shape index (κ3) is 2.59. The first-order valence-corrected chi connectivity index (χ1v) is 3.96. The molecule has 1 saturated heterocycles. The van der Waals surface area contributed by atoms with Crippen molar-refractivity contribution in [1.29, 1.82) is 0 Å². The van der Waals surface area contributed by atoms with Gasteiger partial charge in [-0.3, -0.25) is 4.79 Å². The van der Waals surface area contributed by atoms with Crippen molar-refractivity contribution < 1.29 is 19.4 Å². The van der Waals surface area contributed by atoms with E-state index in [1.807, 2.05) is 0 Å². The molecule has 6 heteroatoms. The molecule has 2 amide bonds. The second-order valence-corrected chi connectivity index (χ2v) is 2.81. The number of aliphatic hydroxyl groups is 1. The van der Waals surface area contributed by atoms with Gasteiger partial charge in [-0.05, 0) is 0 Å². The second kappa shape index (κ2) is 4.08. The number of hydrogen-bond acceptors (Lipinski definition) is 4. The van der Waals surface area contributed by atoms with Crippen LogP contribution in [-0.2, 0) is 9.53 Å². The summed E-state index contributed by atoms with van der Waals surface area (Å²) in [5.41, 5.74) is 0. The van der Waals surface area contributed by atoms with Gasteiger partial charge < -0.3 is 20.5 Å². The normalized spacial score (nSPS) is 26.5. The highest BCUT2D eigenvalue weighted by atomic mass is 16.6. The van der Waals surface area contributed by atoms with Gasteiger partial charge in [0, 0.05) is 6.92 Å². The molecule has 0 aromatic heterocycles. The molecule has 6 nitrogen and oxygen atoms in total. The summed E-state index contributed by atoms with van der Waals surface area (Å²) in [5.74, 6) is -0.195. The number of cyclic esters (lactones) is 1. The van der Waals surface area contributed by atoms with Crippen LogP contribution in [0.1, 0.15) is 6.92 Å². The Hall–Kier alpha value is -1.30. The zero-order chi connectivity index (χ0) is 9.84. The summed E-state index contributed by atoms with van der Waals surface area (Å²) in [6.45, 7) is 1.40. The molecule has 1 rings (SSSR count). The first kappa shape index (κ1) is 9.79.